The quantitative estimate of drug-likeness (QED) is 0.0888. The van der Waals surface area contributed by atoms with E-state index >= 15 is 0 Å². The van der Waals surface area contributed by atoms with Crippen molar-refractivity contribution in [2.75, 3.05) is 0 Å². The van der Waals surface area contributed by atoms with Gasteiger partial charge in [-0.3, -0.25) is 0 Å². The first-order valence-corrected chi connectivity index (χ1v) is 10.7. The lowest BCUT2D eigenvalue weighted by molar-refractivity contribution is 0.621. The Morgan fingerprint density at radius 2 is 1.03 bits per heavy atom. The molecule has 4 aromatic carbocycles. The van der Waals surface area contributed by atoms with Gasteiger partial charge < -0.3 is 5.84 Å². The number of halogens is 1. The number of amidine groups is 1. The van der Waals surface area contributed by atoms with Crippen molar-refractivity contribution in [2.45, 2.75) is 5.54 Å². The average Bonchev–Trinajstić information content (AvgIpc) is 2.85. The topological polar surface area (TPSA) is 63.1 Å². The molecule has 4 nitrogen and oxygen atoms in total. The van der Waals surface area contributed by atoms with Gasteiger partial charge in [0.25, 0.3) is 0 Å². The van der Waals surface area contributed by atoms with Gasteiger partial charge in [-0.25, -0.2) is 0 Å². The predicted molar refractivity (Wildman–Crippen MR) is 129 cm³/mol. The van der Waals surface area contributed by atoms with Crippen LogP contribution in [-0.2, 0) is 5.54 Å². The van der Waals surface area contributed by atoms with Crippen LogP contribution in [0, 0.1) is 0 Å². The summed E-state index contributed by atoms with van der Waals surface area (Å²) in [6.07, 6.45) is 0. The van der Waals surface area contributed by atoms with Gasteiger partial charge in [-0.2, -0.15) is 10.2 Å². The van der Waals surface area contributed by atoms with Crippen molar-refractivity contribution < 1.29 is 0 Å². The maximum absolute atomic E-state index is 5.71. The molecular formula is C26H21BrN4. The number of azo groups is 1. The lowest BCUT2D eigenvalue weighted by Crippen LogP contribution is -2.27. The average molecular weight is 469 g/mol. The van der Waals surface area contributed by atoms with Crippen molar-refractivity contribution in [1.82, 2.24) is 0 Å². The van der Waals surface area contributed by atoms with Crippen LogP contribution in [0.3, 0.4) is 0 Å². The lowest BCUT2D eigenvalue weighted by Gasteiger charge is -2.30. The normalized spacial score (nSPS) is 12.2. The number of hydrogen-bond donors (Lipinski definition) is 1. The highest BCUT2D eigenvalue weighted by molar-refractivity contribution is 9.10. The van der Waals surface area contributed by atoms with Gasteiger partial charge in [0.05, 0.1) is 0 Å². The zero-order chi connectivity index (χ0) is 21.5. The Hall–Kier alpha value is -3.57. The summed E-state index contributed by atoms with van der Waals surface area (Å²) in [5.74, 6) is 6.07. The van der Waals surface area contributed by atoms with Crippen LogP contribution in [0.5, 0.6) is 0 Å². The third-order valence-corrected chi connectivity index (χ3v) is 5.62. The molecular weight excluding hydrogens is 448 g/mol. The molecule has 4 rings (SSSR count). The van der Waals surface area contributed by atoms with Gasteiger partial charge in [-0.05, 0) is 41.0 Å². The second-order valence-corrected chi connectivity index (χ2v) is 7.88. The Morgan fingerprint density at radius 1 is 0.613 bits per heavy atom. The SMILES string of the molecule is NN=C(N=NC(c1ccccc1)(c1ccccc1)c1ccccc1)c1ccc(Br)cc1. The minimum absolute atomic E-state index is 0.361. The molecule has 2 N–H and O–H groups in total. The molecule has 0 radical (unpaired) electrons. The number of rotatable bonds is 5. The van der Waals surface area contributed by atoms with E-state index in [1.807, 2.05) is 78.9 Å². The first-order valence-electron chi connectivity index (χ1n) is 9.87. The molecule has 0 saturated carbocycles. The van der Waals surface area contributed by atoms with Crippen LogP contribution in [0.1, 0.15) is 22.3 Å². The summed E-state index contributed by atoms with van der Waals surface area (Å²) in [6.45, 7) is 0. The van der Waals surface area contributed by atoms with Gasteiger partial charge >= 0.3 is 0 Å². The molecule has 0 saturated heterocycles. The Kier molecular flexibility index (Phi) is 6.34. The monoisotopic (exact) mass is 468 g/mol. The number of benzene rings is 4. The van der Waals surface area contributed by atoms with Crippen LogP contribution < -0.4 is 5.84 Å². The van der Waals surface area contributed by atoms with Crippen LogP contribution in [0.4, 0.5) is 0 Å². The molecule has 0 aliphatic carbocycles. The molecule has 4 aromatic rings. The molecule has 0 bridgehead atoms. The highest BCUT2D eigenvalue weighted by atomic mass is 79.9. The van der Waals surface area contributed by atoms with E-state index < -0.39 is 5.54 Å². The van der Waals surface area contributed by atoms with Crippen molar-refractivity contribution in [3.63, 3.8) is 0 Å². The summed E-state index contributed by atoms with van der Waals surface area (Å²) < 4.78 is 0.969. The summed E-state index contributed by atoms with van der Waals surface area (Å²) in [5, 5.41) is 13.4. The molecule has 0 aliphatic rings. The third-order valence-electron chi connectivity index (χ3n) is 5.09. The van der Waals surface area contributed by atoms with Crippen LogP contribution in [-0.4, -0.2) is 5.84 Å². The number of hydrogen-bond acceptors (Lipinski definition) is 3. The van der Waals surface area contributed by atoms with Crippen molar-refractivity contribution in [2.24, 2.45) is 21.2 Å². The van der Waals surface area contributed by atoms with Gasteiger partial charge in [-0.1, -0.05) is 107 Å². The molecule has 0 fully saturated rings. The van der Waals surface area contributed by atoms with Crippen LogP contribution in [0.15, 0.2) is 135 Å². The van der Waals surface area contributed by atoms with Crippen LogP contribution in [0.25, 0.3) is 0 Å². The standard InChI is InChI=1S/C26H21BrN4/c27-24-18-16-20(17-19-24)25(29-28)30-31-26(21-10-4-1-5-11-21,22-12-6-2-7-13-22)23-14-8-3-9-15-23/h1-19H,28H2. The summed E-state index contributed by atoms with van der Waals surface area (Å²) in [4.78, 5) is 0. The van der Waals surface area contributed by atoms with E-state index in [4.69, 9.17) is 11.0 Å². The summed E-state index contributed by atoms with van der Waals surface area (Å²) in [5.41, 5.74) is 2.95. The van der Waals surface area contributed by atoms with Crippen LogP contribution in [0.2, 0.25) is 0 Å². The first-order chi connectivity index (χ1) is 15.2. The minimum Gasteiger partial charge on any atom is -0.321 e. The van der Waals surface area contributed by atoms with Crippen molar-refractivity contribution >= 4 is 21.8 Å². The van der Waals surface area contributed by atoms with E-state index in [1.165, 1.54) is 0 Å². The fourth-order valence-corrected chi connectivity index (χ4v) is 3.86. The summed E-state index contributed by atoms with van der Waals surface area (Å²) in [6, 6.07) is 38.1. The van der Waals surface area contributed by atoms with Gasteiger partial charge in [0, 0.05) is 10.0 Å². The van der Waals surface area contributed by atoms with Crippen molar-refractivity contribution in [1.29, 1.82) is 0 Å². The Balaban J connectivity index is 1.94. The Labute approximate surface area is 190 Å². The second-order valence-electron chi connectivity index (χ2n) is 6.97. The maximum Gasteiger partial charge on any atom is 0.200 e. The number of nitrogens with two attached hydrogens (primary N) is 1. The van der Waals surface area contributed by atoms with Crippen molar-refractivity contribution in [3.8, 4) is 0 Å². The highest BCUT2D eigenvalue weighted by Crippen LogP contribution is 2.41. The number of nitrogens with zero attached hydrogens (tertiary/aromatic N) is 3. The molecule has 0 amide bonds. The highest BCUT2D eigenvalue weighted by Gasteiger charge is 2.36. The van der Waals surface area contributed by atoms with Gasteiger partial charge in [0.15, 0.2) is 11.4 Å². The van der Waals surface area contributed by atoms with Crippen molar-refractivity contribution in [3.05, 3.63) is 142 Å². The molecule has 152 valence electrons. The zero-order valence-corrected chi connectivity index (χ0v) is 18.4. The van der Waals surface area contributed by atoms with E-state index in [9.17, 15) is 0 Å². The van der Waals surface area contributed by atoms with Crippen LogP contribution >= 0.6 is 15.9 Å². The molecule has 0 heterocycles. The third kappa shape index (κ3) is 4.32. The van der Waals surface area contributed by atoms with Gasteiger partial charge in [-0.15, -0.1) is 5.11 Å². The predicted octanol–water partition coefficient (Wildman–Crippen LogP) is 6.51. The lowest BCUT2D eigenvalue weighted by atomic mass is 9.78. The fraction of sp³-hybridized carbons (Fsp3) is 0.0385. The molecule has 0 aromatic heterocycles. The second kappa shape index (κ2) is 9.49. The fourth-order valence-electron chi connectivity index (χ4n) is 3.59. The largest absolute Gasteiger partial charge is 0.321 e. The molecule has 5 heteroatoms. The number of hydrazone groups is 1. The minimum atomic E-state index is -0.852. The maximum atomic E-state index is 5.71. The zero-order valence-electron chi connectivity index (χ0n) is 16.8. The molecule has 0 atom stereocenters. The van der Waals surface area contributed by atoms with E-state index in [0.29, 0.717) is 5.84 Å². The summed E-state index contributed by atoms with van der Waals surface area (Å²) in [7, 11) is 0. The molecule has 0 aliphatic heterocycles. The molecule has 0 spiro atoms. The Morgan fingerprint density at radius 3 is 1.42 bits per heavy atom. The Bertz CT molecular complexity index is 1080. The summed E-state index contributed by atoms with van der Waals surface area (Å²) >= 11 is 3.45. The van der Waals surface area contributed by atoms with E-state index in [-0.39, 0.29) is 0 Å². The van der Waals surface area contributed by atoms with E-state index in [2.05, 4.69) is 62.5 Å². The van der Waals surface area contributed by atoms with E-state index in [1.54, 1.807) is 0 Å². The molecule has 0 unspecified atom stereocenters. The smallest absolute Gasteiger partial charge is 0.200 e. The first kappa shape index (κ1) is 20.7. The van der Waals surface area contributed by atoms with Gasteiger partial charge in [0.2, 0.25) is 0 Å². The van der Waals surface area contributed by atoms with E-state index in [0.717, 1.165) is 26.7 Å². The van der Waals surface area contributed by atoms with Gasteiger partial charge in [0.1, 0.15) is 0 Å². The molecule has 31 heavy (non-hydrogen) atoms.